The zero-order chi connectivity index (χ0) is 71.6. The molecule has 33 nitrogen and oxygen atoms in total. The van der Waals surface area contributed by atoms with Gasteiger partial charge in [-0.25, -0.2) is 0 Å². The summed E-state index contributed by atoms with van der Waals surface area (Å²) in [5, 5.41) is 43.2. The number of carbonyl (C=O) groups is 12. The van der Waals surface area contributed by atoms with Crippen molar-refractivity contribution < 1.29 is 64.6 Å². The Bertz CT molecular complexity index is 2130. The minimum atomic E-state index is -1.05. The molecule has 10 amide bonds. The van der Waals surface area contributed by atoms with Gasteiger partial charge in [-0.15, -0.1) is 0 Å². The van der Waals surface area contributed by atoms with E-state index in [0.717, 1.165) is 0 Å². The third-order valence-corrected chi connectivity index (χ3v) is 11.8. The molecule has 0 aliphatic heterocycles. The normalized spacial score (nSPS) is 14.0. The highest BCUT2D eigenvalue weighted by atomic mass is 32.2. The SMILES string of the molecule is [3H]NC(=O)[C@H](CC(C)=O)NC(=O)[C@H](CNC)NC=C.[3H]NC(=O)[C@H](CNC)NC(=O)[C@H](CC(C)=O)NC=C.[3H]NC(=O)[C@H](CNC)NC(=O)[C@H](CNC)NC=C.[3H]NC(=O)[C@H](CNC)NC(=O)[C@H](CSC)NC=C.[3H]NC(=O)[C@H](CSC)NC(=O)[C@H](CNC)NC=C. The van der Waals surface area contributed by atoms with E-state index in [1.165, 1.54) is 68.4 Å². The van der Waals surface area contributed by atoms with Gasteiger partial charge in [-0.2, -0.15) is 23.5 Å². The molecule has 0 fully saturated rings. The number of nitrogens with two attached hydrogens (primary N) is 5. The summed E-state index contributed by atoms with van der Waals surface area (Å²) in [5.41, 5.74) is 8.69. The first-order chi connectivity index (χ1) is 43.7. The number of hydrogen-bond donors (Lipinski definition) is 21. The molecule has 35 heteroatoms. The van der Waals surface area contributed by atoms with Crippen molar-refractivity contribution in [2.45, 2.75) is 87.1 Å². The molecule has 0 bridgehead atoms. The first kappa shape index (κ1) is 77.2. The Hall–Kier alpha value is -7.80. The summed E-state index contributed by atoms with van der Waals surface area (Å²) in [6.45, 7) is 21.9. The van der Waals surface area contributed by atoms with Crippen molar-refractivity contribution in [3.63, 3.8) is 0 Å². The topological polar surface area (TPSA) is 527 Å². The predicted molar refractivity (Wildman–Crippen MR) is 342 cm³/mol. The van der Waals surface area contributed by atoms with E-state index in [9.17, 15) is 57.5 Å². The fourth-order valence-corrected chi connectivity index (χ4v) is 7.48. The van der Waals surface area contributed by atoms with Crippen molar-refractivity contribution in [2.75, 3.05) is 106 Å². The number of carbonyl (C=O) groups excluding carboxylic acids is 12. The van der Waals surface area contributed by atoms with E-state index in [1.807, 2.05) is 12.5 Å². The third kappa shape index (κ3) is 46.1. The van der Waals surface area contributed by atoms with Gasteiger partial charge in [-0.05, 0) is 99.6 Å². The molecule has 0 saturated heterocycles. The van der Waals surface area contributed by atoms with E-state index < -0.39 is 102 Å². The van der Waals surface area contributed by atoms with Crippen LogP contribution in [0.25, 0.3) is 0 Å². The molecule has 0 aliphatic rings. The molecule has 0 aromatic rings. The highest BCUT2D eigenvalue weighted by Crippen LogP contribution is 2.01. The molecule has 0 radical (unpaired) electrons. The van der Waals surface area contributed by atoms with Crippen LogP contribution in [-0.4, -0.2) is 237 Å². The molecule has 10 atom stereocenters. The van der Waals surface area contributed by atoms with Gasteiger partial charge in [0.1, 0.15) is 72.0 Å². The second-order valence-electron chi connectivity index (χ2n) is 17.8. The number of likely N-dealkylation sites (N-methyl/N-ethyl adjacent to an activating group) is 6. The Kier molecular flexibility index (Phi) is 49.7. The zero-order valence-electron chi connectivity index (χ0n) is 56.5. The number of Topliss-reactive ketones (excluding diaryl/α,β-unsaturated/α-hetero) is 2. The molecule has 0 saturated carbocycles. The molecule has 498 valence electrons. The molecule has 0 rings (SSSR count). The first-order valence-corrected chi connectivity index (χ1v) is 29.3. The summed E-state index contributed by atoms with van der Waals surface area (Å²) in [6, 6.07) is -7.07. The molecular formula is C52H101N21O12S2. The molecular weight excluding hydrogens is 1170 g/mol. The Morgan fingerprint density at radius 2 is 0.552 bits per heavy atom. The number of amides is 10. The number of primary amides is 5. The van der Waals surface area contributed by atoms with Gasteiger partial charge in [0, 0.05) is 63.6 Å². The van der Waals surface area contributed by atoms with Gasteiger partial charge >= 0.3 is 0 Å². The van der Waals surface area contributed by atoms with Gasteiger partial charge in [-0.3, -0.25) is 57.5 Å². The zero-order valence-corrected chi connectivity index (χ0v) is 53.1. The van der Waals surface area contributed by atoms with Gasteiger partial charge in [0.2, 0.25) is 59.1 Å². The van der Waals surface area contributed by atoms with Crippen molar-refractivity contribution in [3.05, 3.63) is 63.9 Å². The van der Waals surface area contributed by atoms with Crippen molar-refractivity contribution in [2.24, 2.45) is 28.6 Å². The summed E-state index contributed by atoms with van der Waals surface area (Å²) < 4.78 is 34.0. The second-order valence-corrected chi connectivity index (χ2v) is 19.6. The maximum absolute atomic E-state index is 11.9. The van der Waals surface area contributed by atoms with E-state index >= 15 is 0 Å². The van der Waals surface area contributed by atoms with Gasteiger partial charge < -0.3 is 114 Å². The Balaban J connectivity index is -0.000000343. The monoisotopic (exact) mass is 1290 g/mol. The maximum Gasteiger partial charge on any atom is 0.244 e. The standard InChI is InChI=1S/2C11H20N4O3.C10H21N5O2.2C10H20N4O2S/c1-4-14-8(5-7(2)16)11(18)15-9(6-13-3)10(12)17;1-4-14-9(6-13-3)11(18)15-8(10(12)17)5-7(2)16;1-4-14-8(6-13-3)10(17)15-7(5-12-2)9(11)16;1-4-13-7(5-12-2)10(16)14-8(6-17-3)9(11)15;1-4-13-8(6-17-3)10(16)14-7(5-12-2)9(11)15/h2*4,8-9,13-14H,1,5-6H2,2-3H3,(H2,12,17)(H,15,18);4,7-8,12-14H,1,5-6H2,2-3H3,(H2,11,16)(H,15,17);2*4,7-8,12-13H,1,5-6H2,2-3H3,(H2,11,15)(H,14,16)/t2*8-,9-;3*7-,8-/m00000/s1/i/hT5. The lowest BCUT2D eigenvalue weighted by Gasteiger charge is -2.20. The van der Waals surface area contributed by atoms with Crippen LogP contribution in [0.5, 0.6) is 0 Å². The Morgan fingerprint density at radius 1 is 0.345 bits per heavy atom. The highest BCUT2D eigenvalue weighted by molar-refractivity contribution is 7.98. The molecule has 0 spiro atoms. The number of hydrogen-bond acceptors (Lipinski definition) is 25. The van der Waals surface area contributed by atoms with Gasteiger partial charge in [0.15, 0.2) is 7.06 Å². The van der Waals surface area contributed by atoms with Gasteiger partial charge in [0.05, 0.1) is 0 Å². The number of thioether (sulfide) groups is 2. The number of ketones is 2. The van der Waals surface area contributed by atoms with Crippen LogP contribution in [0.1, 0.15) is 26.7 Å². The largest absolute Gasteiger partial charge is 0.380 e. The third-order valence-electron chi connectivity index (χ3n) is 10.4. The van der Waals surface area contributed by atoms with E-state index in [2.05, 4.69) is 118 Å². The van der Waals surface area contributed by atoms with Crippen LogP contribution in [0.3, 0.4) is 0 Å². The van der Waals surface area contributed by atoms with Crippen LogP contribution in [0.4, 0.5) is 0 Å². The minimum Gasteiger partial charge on any atom is -0.380 e. The Labute approximate surface area is 527 Å². The summed E-state index contributed by atoms with van der Waals surface area (Å²) in [5.74, 6) is -4.37. The second kappa shape index (κ2) is 56.0. The van der Waals surface area contributed by atoms with Crippen molar-refractivity contribution in [1.29, 1.82) is 0 Å². The molecule has 0 aliphatic carbocycles. The molecule has 0 unspecified atom stereocenters. The van der Waals surface area contributed by atoms with Crippen LogP contribution < -0.4 is 114 Å². The highest BCUT2D eigenvalue weighted by Gasteiger charge is 2.28. The molecule has 0 heterocycles. The predicted octanol–water partition coefficient (Wildman–Crippen LogP) is -8.71. The van der Waals surface area contributed by atoms with E-state index in [0.29, 0.717) is 31.1 Å². The van der Waals surface area contributed by atoms with E-state index in [4.69, 9.17) is 7.06 Å². The summed E-state index contributed by atoms with van der Waals surface area (Å²) in [6.07, 6.45) is 10.5. The lowest BCUT2D eigenvalue weighted by Crippen LogP contribution is -2.56. The number of rotatable bonds is 45. The van der Waals surface area contributed by atoms with Crippen molar-refractivity contribution >= 4 is 94.2 Å². The van der Waals surface area contributed by atoms with Crippen LogP contribution >= 0.6 is 23.5 Å². The van der Waals surface area contributed by atoms with Crippen molar-refractivity contribution in [3.8, 4) is 0 Å². The molecule has 0 aromatic heterocycles. The quantitative estimate of drug-likeness (QED) is 0.0269. The fraction of sp³-hybridized carbons (Fsp3) is 0.577. The fourth-order valence-electron chi connectivity index (χ4n) is 6.33. The molecule has 26 N–H and O–H groups in total. The van der Waals surface area contributed by atoms with Crippen LogP contribution in [0, 0.1) is 0 Å². The van der Waals surface area contributed by atoms with Crippen LogP contribution in [0.15, 0.2) is 63.9 Å². The molecule has 0 aromatic carbocycles. The van der Waals surface area contributed by atoms with E-state index in [1.54, 1.807) is 70.9 Å². The van der Waals surface area contributed by atoms with Gasteiger partial charge in [0.25, 0.3) is 0 Å². The average Bonchev–Trinajstić information content (AvgIpc) is 1.67. The lowest BCUT2D eigenvalue weighted by molar-refractivity contribution is -0.130. The minimum absolute atomic E-state index is 0.00732. The summed E-state index contributed by atoms with van der Waals surface area (Å²) in [7, 11) is 10.1. The van der Waals surface area contributed by atoms with Crippen LogP contribution in [-0.2, 0) is 57.5 Å². The van der Waals surface area contributed by atoms with Gasteiger partial charge in [-0.1, -0.05) is 32.9 Å². The smallest absolute Gasteiger partial charge is 0.244 e. The Morgan fingerprint density at radius 3 is 0.828 bits per heavy atom. The van der Waals surface area contributed by atoms with Crippen LogP contribution in [0.2, 0.25) is 7.06 Å². The lowest BCUT2D eigenvalue weighted by atomic mass is 10.1. The summed E-state index contributed by atoms with van der Waals surface area (Å²) >= 11 is 2.93. The average molecular weight is 1290 g/mol. The first-order valence-electron chi connectivity index (χ1n) is 29.0. The summed E-state index contributed by atoms with van der Waals surface area (Å²) in [4.78, 5) is 139. The van der Waals surface area contributed by atoms with Crippen molar-refractivity contribution in [1.82, 2.24) is 85.1 Å². The maximum atomic E-state index is 11.9. The van der Waals surface area contributed by atoms with E-state index in [-0.39, 0.29) is 61.8 Å². The molecule has 87 heavy (non-hydrogen) atoms. The number of nitrogens with one attached hydrogen (secondary N) is 16.